The normalized spacial score (nSPS) is 11.9. The van der Waals surface area contributed by atoms with Gasteiger partial charge in [0.1, 0.15) is 0 Å². The van der Waals surface area contributed by atoms with E-state index in [-0.39, 0.29) is 0 Å². The summed E-state index contributed by atoms with van der Waals surface area (Å²) in [4.78, 5) is 0. The third-order valence-corrected chi connectivity index (χ3v) is 1.90. The Bertz CT molecular complexity index is 352. The van der Waals surface area contributed by atoms with Crippen molar-refractivity contribution >= 4 is 0 Å². The Morgan fingerprint density at radius 1 is 1.71 bits per heavy atom. The summed E-state index contributed by atoms with van der Waals surface area (Å²) in [6.45, 7) is 2.00. The van der Waals surface area contributed by atoms with E-state index in [1.54, 1.807) is 12.3 Å². The molecule has 14 heavy (non-hydrogen) atoms. The molecule has 1 N–H and O–H groups in total. The molecule has 1 aromatic heterocycles. The van der Waals surface area contributed by atoms with Gasteiger partial charge in [0.2, 0.25) is 0 Å². The van der Waals surface area contributed by atoms with Crippen LogP contribution in [0.5, 0.6) is 0 Å². The predicted octanol–water partition coefficient (Wildman–Crippen LogP) is 1.87. The molecule has 0 amide bonds. The van der Waals surface area contributed by atoms with Crippen LogP contribution >= 0.6 is 0 Å². The molecule has 0 saturated carbocycles. The van der Waals surface area contributed by atoms with E-state index in [1.165, 1.54) is 5.57 Å². The summed E-state index contributed by atoms with van der Waals surface area (Å²) in [5.41, 5.74) is 2.18. The first kappa shape index (κ1) is 10.3. The van der Waals surface area contributed by atoms with Crippen LogP contribution in [0.25, 0.3) is 0 Å². The SMILES string of the molecule is C#C/C=C\C(=C/C)CCc1c[nH]nn1. The number of H-pyrrole nitrogens is 1. The Hall–Kier alpha value is -1.82. The van der Waals surface area contributed by atoms with Crippen molar-refractivity contribution in [2.45, 2.75) is 19.8 Å². The summed E-state index contributed by atoms with van der Waals surface area (Å²) in [6, 6.07) is 0. The third-order valence-electron chi connectivity index (χ3n) is 1.90. The number of hydrogen-bond donors (Lipinski definition) is 1. The molecule has 0 aromatic carbocycles. The molecule has 0 fully saturated rings. The number of allylic oxidation sites excluding steroid dienone is 4. The highest BCUT2D eigenvalue weighted by Crippen LogP contribution is 2.07. The molecule has 0 unspecified atom stereocenters. The maximum atomic E-state index is 5.13. The lowest BCUT2D eigenvalue weighted by molar-refractivity contribution is 0.872. The second-order valence-electron chi connectivity index (χ2n) is 2.83. The molecule has 0 aliphatic rings. The molecular formula is C11H13N3. The van der Waals surface area contributed by atoms with Crippen molar-refractivity contribution in [2.24, 2.45) is 0 Å². The summed E-state index contributed by atoms with van der Waals surface area (Å²) in [5, 5.41) is 10.2. The van der Waals surface area contributed by atoms with Crippen LogP contribution in [-0.4, -0.2) is 15.4 Å². The van der Waals surface area contributed by atoms with Crippen molar-refractivity contribution in [3.05, 3.63) is 35.7 Å². The maximum Gasteiger partial charge on any atom is 0.0827 e. The second kappa shape index (κ2) is 5.76. The van der Waals surface area contributed by atoms with Crippen LogP contribution in [0.1, 0.15) is 19.0 Å². The summed E-state index contributed by atoms with van der Waals surface area (Å²) in [6.07, 6.45) is 14.4. The van der Waals surface area contributed by atoms with Crippen LogP contribution in [0, 0.1) is 12.3 Å². The number of aryl methyl sites for hydroxylation is 1. The van der Waals surface area contributed by atoms with Crippen molar-refractivity contribution in [3.8, 4) is 12.3 Å². The number of terminal acetylenes is 1. The highest BCUT2D eigenvalue weighted by molar-refractivity contribution is 5.24. The fourth-order valence-corrected chi connectivity index (χ4v) is 1.10. The Morgan fingerprint density at radius 2 is 2.57 bits per heavy atom. The van der Waals surface area contributed by atoms with Gasteiger partial charge in [-0.3, -0.25) is 5.10 Å². The highest BCUT2D eigenvalue weighted by atomic mass is 15.3. The van der Waals surface area contributed by atoms with Crippen LogP contribution in [0.15, 0.2) is 30.0 Å². The Morgan fingerprint density at radius 3 is 3.14 bits per heavy atom. The quantitative estimate of drug-likeness (QED) is 0.577. The van der Waals surface area contributed by atoms with Gasteiger partial charge >= 0.3 is 0 Å². The van der Waals surface area contributed by atoms with Gasteiger partial charge in [0, 0.05) is 6.20 Å². The number of rotatable bonds is 4. The summed E-state index contributed by atoms with van der Waals surface area (Å²) in [5.74, 6) is 2.47. The molecule has 3 nitrogen and oxygen atoms in total. The maximum absolute atomic E-state index is 5.13. The van der Waals surface area contributed by atoms with E-state index >= 15 is 0 Å². The zero-order valence-corrected chi connectivity index (χ0v) is 8.20. The van der Waals surface area contributed by atoms with Crippen molar-refractivity contribution in [3.63, 3.8) is 0 Å². The minimum absolute atomic E-state index is 0.880. The highest BCUT2D eigenvalue weighted by Gasteiger charge is 1.97. The average Bonchev–Trinajstić information content (AvgIpc) is 2.71. The molecule has 0 saturated heterocycles. The van der Waals surface area contributed by atoms with Gasteiger partial charge in [0.25, 0.3) is 0 Å². The van der Waals surface area contributed by atoms with E-state index in [4.69, 9.17) is 6.42 Å². The predicted molar refractivity (Wildman–Crippen MR) is 56.4 cm³/mol. The largest absolute Gasteiger partial charge is 0.265 e. The van der Waals surface area contributed by atoms with Gasteiger partial charge in [-0.1, -0.05) is 28.9 Å². The minimum Gasteiger partial charge on any atom is -0.265 e. The van der Waals surface area contributed by atoms with Crippen molar-refractivity contribution in [2.75, 3.05) is 0 Å². The topological polar surface area (TPSA) is 41.6 Å². The third kappa shape index (κ3) is 3.28. The molecule has 1 rings (SSSR count). The molecular weight excluding hydrogens is 174 g/mol. The molecule has 0 atom stereocenters. The van der Waals surface area contributed by atoms with Crippen LogP contribution in [0.3, 0.4) is 0 Å². The van der Waals surface area contributed by atoms with Crippen LogP contribution in [0.4, 0.5) is 0 Å². The Kier molecular flexibility index (Phi) is 4.22. The fourth-order valence-electron chi connectivity index (χ4n) is 1.10. The zero-order valence-electron chi connectivity index (χ0n) is 8.20. The number of hydrogen-bond acceptors (Lipinski definition) is 2. The fraction of sp³-hybridized carbons (Fsp3) is 0.273. The Balaban J connectivity index is 2.44. The van der Waals surface area contributed by atoms with Gasteiger partial charge in [0.05, 0.1) is 5.69 Å². The van der Waals surface area contributed by atoms with Crippen molar-refractivity contribution in [1.29, 1.82) is 0 Å². The van der Waals surface area contributed by atoms with Crippen LogP contribution in [0.2, 0.25) is 0 Å². The molecule has 72 valence electrons. The van der Waals surface area contributed by atoms with Gasteiger partial charge < -0.3 is 0 Å². The number of nitrogens with zero attached hydrogens (tertiary/aromatic N) is 2. The number of aromatic nitrogens is 3. The molecule has 1 heterocycles. The second-order valence-corrected chi connectivity index (χ2v) is 2.83. The van der Waals surface area contributed by atoms with Gasteiger partial charge in [-0.05, 0) is 25.8 Å². The smallest absolute Gasteiger partial charge is 0.0827 e. The molecule has 0 radical (unpaired) electrons. The van der Waals surface area contributed by atoms with E-state index in [1.807, 2.05) is 19.1 Å². The first-order valence-electron chi connectivity index (χ1n) is 4.50. The van der Waals surface area contributed by atoms with Crippen LogP contribution in [-0.2, 0) is 6.42 Å². The number of aromatic amines is 1. The molecule has 0 spiro atoms. The molecule has 1 aromatic rings. The molecule has 3 heteroatoms. The van der Waals surface area contributed by atoms with Gasteiger partial charge in [-0.2, -0.15) is 0 Å². The average molecular weight is 187 g/mol. The standard InChI is InChI=1S/C11H13N3/c1-3-5-6-10(4-2)7-8-11-9-12-14-13-11/h1,4-6,9H,7-8H2,2H3,(H,12,13,14)/b6-5-,10-4+. The van der Waals surface area contributed by atoms with Crippen LogP contribution < -0.4 is 0 Å². The van der Waals surface area contributed by atoms with Crippen molar-refractivity contribution < 1.29 is 0 Å². The monoisotopic (exact) mass is 187 g/mol. The lowest BCUT2D eigenvalue weighted by Crippen LogP contribution is -1.87. The summed E-state index contributed by atoms with van der Waals surface area (Å²) in [7, 11) is 0. The lowest BCUT2D eigenvalue weighted by Gasteiger charge is -1.97. The number of nitrogens with one attached hydrogen (secondary N) is 1. The molecule has 0 aliphatic heterocycles. The van der Waals surface area contributed by atoms with E-state index in [0.717, 1.165) is 18.5 Å². The van der Waals surface area contributed by atoms with Gasteiger partial charge in [-0.25, -0.2) is 0 Å². The van der Waals surface area contributed by atoms with Gasteiger partial charge in [0.15, 0.2) is 0 Å². The van der Waals surface area contributed by atoms with E-state index < -0.39 is 0 Å². The van der Waals surface area contributed by atoms with E-state index in [9.17, 15) is 0 Å². The summed E-state index contributed by atoms with van der Waals surface area (Å²) >= 11 is 0. The summed E-state index contributed by atoms with van der Waals surface area (Å²) < 4.78 is 0. The van der Waals surface area contributed by atoms with Crippen molar-refractivity contribution in [1.82, 2.24) is 15.4 Å². The van der Waals surface area contributed by atoms with E-state index in [2.05, 4.69) is 21.3 Å². The van der Waals surface area contributed by atoms with E-state index in [0.29, 0.717) is 0 Å². The first-order chi connectivity index (χ1) is 6.86. The molecule has 0 bridgehead atoms. The lowest BCUT2D eigenvalue weighted by atomic mass is 10.1. The first-order valence-corrected chi connectivity index (χ1v) is 4.50. The zero-order chi connectivity index (χ0) is 10.2. The Labute approximate surface area is 83.9 Å². The molecule has 0 aliphatic carbocycles. The van der Waals surface area contributed by atoms with Gasteiger partial charge in [-0.15, -0.1) is 11.5 Å². The minimum atomic E-state index is 0.880.